The van der Waals surface area contributed by atoms with Gasteiger partial charge < -0.3 is 0 Å². The standard InChI is InChI=1S/C17H20S/c1-12-7-5-8-13(2)16(12)11-18-17-14(3)9-6-10-15(17)4/h5-10H,11H2,1-4H3. The van der Waals surface area contributed by atoms with Gasteiger partial charge in [-0.25, -0.2) is 0 Å². The molecular formula is C17H20S. The summed E-state index contributed by atoms with van der Waals surface area (Å²) in [6.45, 7) is 8.79. The first kappa shape index (κ1) is 13.2. The Morgan fingerprint density at radius 3 is 1.67 bits per heavy atom. The molecule has 2 aromatic rings. The zero-order valence-electron chi connectivity index (χ0n) is 11.6. The van der Waals surface area contributed by atoms with E-state index in [1.807, 2.05) is 11.8 Å². The van der Waals surface area contributed by atoms with Gasteiger partial charge in [-0.05, 0) is 55.5 Å². The number of hydrogen-bond acceptors (Lipinski definition) is 1. The second kappa shape index (κ2) is 5.62. The molecule has 0 heterocycles. The maximum absolute atomic E-state index is 2.20. The largest absolute Gasteiger partial charge is 0.121 e. The van der Waals surface area contributed by atoms with Crippen molar-refractivity contribution in [3.05, 3.63) is 64.2 Å². The van der Waals surface area contributed by atoms with Crippen molar-refractivity contribution in [2.75, 3.05) is 0 Å². The Bertz CT molecular complexity index is 464. The topological polar surface area (TPSA) is 0 Å². The molecule has 0 spiro atoms. The van der Waals surface area contributed by atoms with E-state index < -0.39 is 0 Å². The lowest BCUT2D eigenvalue weighted by atomic mass is 10.1. The molecule has 0 saturated carbocycles. The lowest BCUT2D eigenvalue weighted by Gasteiger charge is -2.12. The monoisotopic (exact) mass is 256 g/mol. The smallest absolute Gasteiger partial charge is 0.0237 e. The van der Waals surface area contributed by atoms with E-state index in [9.17, 15) is 0 Å². The summed E-state index contributed by atoms with van der Waals surface area (Å²) in [5.41, 5.74) is 7.03. The number of thioether (sulfide) groups is 1. The van der Waals surface area contributed by atoms with Crippen LogP contribution in [0, 0.1) is 27.7 Å². The highest BCUT2D eigenvalue weighted by Gasteiger charge is 2.06. The molecule has 0 aliphatic heterocycles. The van der Waals surface area contributed by atoms with Gasteiger partial charge in [0, 0.05) is 10.6 Å². The normalized spacial score (nSPS) is 10.7. The van der Waals surface area contributed by atoms with E-state index in [4.69, 9.17) is 0 Å². The van der Waals surface area contributed by atoms with E-state index >= 15 is 0 Å². The highest BCUT2D eigenvalue weighted by molar-refractivity contribution is 7.98. The molecule has 0 fully saturated rings. The Labute approximate surface area is 114 Å². The molecule has 0 nitrogen and oxygen atoms in total. The molecule has 0 saturated heterocycles. The molecule has 0 unspecified atom stereocenters. The second-order valence-electron chi connectivity index (χ2n) is 4.88. The lowest BCUT2D eigenvalue weighted by Crippen LogP contribution is -1.92. The summed E-state index contributed by atoms with van der Waals surface area (Å²) in [5.74, 6) is 1.06. The molecule has 0 aliphatic rings. The van der Waals surface area contributed by atoms with Gasteiger partial charge in [0.1, 0.15) is 0 Å². The predicted octanol–water partition coefficient (Wildman–Crippen LogP) is 5.21. The molecule has 0 radical (unpaired) electrons. The molecule has 0 N–H and O–H groups in total. The van der Waals surface area contributed by atoms with Gasteiger partial charge in [-0.1, -0.05) is 36.4 Å². The first-order valence-corrected chi connectivity index (χ1v) is 7.32. The van der Waals surface area contributed by atoms with Gasteiger partial charge in [-0.3, -0.25) is 0 Å². The van der Waals surface area contributed by atoms with Crippen LogP contribution in [-0.4, -0.2) is 0 Å². The summed E-state index contributed by atoms with van der Waals surface area (Å²) in [7, 11) is 0. The van der Waals surface area contributed by atoms with Gasteiger partial charge >= 0.3 is 0 Å². The minimum atomic E-state index is 1.06. The highest BCUT2D eigenvalue weighted by Crippen LogP contribution is 2.30. The summed E-state index contributed by atoms with van der Waals surface area (Å²) < 4.78 is 0. The first-order chi connectivity index (χ1) is 8.59. The molecule has 1 heteroatoms. The summed E-state index contributed by atoms with van der Waals surface area (Å²) >= 11 is 1.96. The van der Waals surface area contributed by atoms with Crippen molar-refractivity contribution < 1.29 is 0 Å². The minimum absolute atomic E-state index is 1.06. The van der Waals surface area contributed by atoms with Crippen molar-refractivity contribution in [2.45, 2.75) is 38.3 Å². The van der Waals surface area contributed by atoms with Crippen molar-refractivity contribution in [3.63, 3.8) is 0 Å². The molecule has 0 atom stereocenters. The molecule has 0 aromatic heterocycles. The lowest BCUT2D eigenvalue weighted by molar-refractivity contribution is 1.19. The van der Waals surface area contributed by atoms with E-state index in [2.05, 4.69) is 64.1 Å². The van der Waals surface area contributed by atoms with Crippen LogP contribution in [0.2, 0.25) is 0 Å². The molecule has 0 amide bonds. The van der Waals surface area contributed by atoms with Crippen LogP contribution < -0.4 is 0 Å². The average molecular weight is 256 g/mol. The summed E-state index contributed by atoms with van der Waals surface area (Å²) in [6.07, 6.45) is 0. The van der Waals surface area contributed by atoms with Crippen LogP contribution in [0.5, 0.6) is 0 Å². The van der Waals surface area contributed by atoms with Crippen LogP contribution in [0.1, 0.15) is 27.8 Å². The average Bonchev–Trinajstić information content (AvgIpc) is 2.31. The summed E-state index contributed by atoms with van der Waals surface area (Å²) in [5, 5.41) is 0. The Kier molecular flexibility index (Phi) is 4.13. The zero-order chi connectivity index (χ0) is 13.1. The van der Waals surface area contributed by atoms with Gasteiger partial charge in [0.15, 0.2) is 0 Å². The number of benzene rings is 2. The van der Waals surface area contributed by atoms with Crippen molar-refractivity contribution in [1.82, 2.24) is 0 Å². The van der Waals surface area contributed by atoms with E-state index in [0.29, 0.717) is 0 Å². The second-order valence-corrected chi connectivity index (χ2v) is 5.87. The zero-order valence-corrected chi connectivity index (χ0v) is 12.4. The fraction of sp³-hybridized carbons (Fsp3) is 0.294. The molecule has 18 heavy (non-hydrogen) atoms. The number of rotatable bonds is 3. The van der Waals surface area contributed by atoms with Crippen LogP contribution in [0.25, 0.3) is 0 Å². The molecule has 0 aliphatic carbocycles. The first-order valence-electron chi connectivity index (χ1n) is 6.33. The van der Waals surface area contributed by atoms with E-state index in [1.165, 1.54) is 32.7 Å². The van der Waals surface area contributed by atoms with Gasteiger partial charge in [0.2, 0.25) is 0 Å². The van der Waals surface area contributed by atoms with Crippen LogP contribution >= 0.6 is 11.8 Å². The summed E-state index contributed by atoms with van der Waals surface area (Å²) in [6, 6.07) is 13.1. The Balaban J connectivity index is 2.22. The number of hydrogen-bond donors (Lipinski definition) is 0. The fourth-order valence-electron chi connectivity index (χ4n) is 2.25. The molecule has 2 aromatic carbocycles. The van der Waals surface area contributed by atoms with E-state index in [1.54, 1.807) is 0 Å². The fourth-order valence-corrected chi connectivity index (χ4v) is 3.58. The van der Waals surface area contributed by atoms with Crippen molar-refractivity contribution in [2.24, 2.45) is 0 Å². The van der Waals surface area contributed by atoms with Crippen molar-refractivity contribution >= 4 is 11.8 Å². The van der Waals surface area contributed by atoms with Crippen LogP contribution in [-0.2, 0) is 5.75 Å². The van der Waals surface area contributed by atoms with Gasteiger partial charge in [0.05, 0.1) is 0 Å². The third-order valence-electron chi connectivity index (χ3n) is 3.41. The van der Waals surface area contributed by atoms with Gasteiger partial charge in [0.25, 0.3) is 0 Å². The quantitative estimate of drug-likeness (QED) is 0.679. The van der Waals surface area contributed by atoms with Gasteiger partial charge in [-0.15, -0.1) is 11.8 Å². The highest BCUT2D eigenvalue weighted by atomic mass is 32.2. The van der Waals surface area contributed by atoms with E-state index in [-0.39, 0.29) is 0 Å². The maximum atomic E-state index is 2.20. The molecule has 2 rings (SSSR count). The van der Waals surface area contributed by atoms with Crippen LogP contribution in [0.15, 0.2) is 41.3 Å². The predicted molar refractivity (Wildman–Crippen MR) is 81.4 cm³/mol. The third kappa shape index (κ3) is 2.78. The van der Waals surface area contributed by atoms with Crippen LogP contribution in [0.4, 0.5) is 0 Å². The van der Waals surface area contributed by atoms with E-state index in [0.717, 1.165) is 5.75 Å². The minimum Gasteiger partial charge on any atom is -0.121 e. The Morgan fingerprint density at radius 2 is 1.17 bits per heavy atom. The summed E-state index contributed by atoms with van der Waals surface area (Å²) in [4.78, 5) is 1.43. The molecule has 94 valence electrons. The number of aryl methyl sites for hydroxylation is 4. The van der Waals surface area contributed by atoms with Crippen molar-refractivity contribution in [3.8, 4) is 0 Å². The van der Waals surface area contributed by atoms with Crippen molar-refractivity contribution in [1.29, 1.82) is 0 Å². The SMILES string of the molecule is Cc1cccc(C)c1CSc1c(C)cccc1C. The van der Waals surface area contributed by atoms with Crippen LogP contribution in [0.3, 0.4) is 0 Å². The van der Waals surface area contributed by atoms with Gasteiger partial charge in [-0.2, -0.15) is 0 Å². The Hall–Kier alpha value is -1.21. The third-order valence-corrected chi connectivity index (χ3v) is 4.78. The molecule has 0 bridgehead atoms. The Morgan fingerprint density at radius 1 is 0.722 bits per heavy atom. The molecular weight excluding hydrogens is 236 g/mol. The maximum Gasteiger partial charge on any atom is 0.0237 e.